The number of hydrogen-bond donors (Lipinski definition) is 6. The van der Waals surface area contributed by atoms with E-state index in [0.29, 0.717) is 80.4 Å². The minimum Gasteiger partial charge on any atom is -0.481 e. The molecule has 19 nitrogen and oxygen atoms in total. The number of thiazole rings is 1. The molecule has 2 aromatic rings. The summed E-state index contributed by atoms with van der Waals surface area (Å²) in [6.07, 6.45) is 19.8. The van der Waals surface area contributed by atoms with Crippen LogP contribution in [0.4, 0.5) is 5.69 Å². The number of thioether (sulfide) groups is 1. The number of imide groups is 1. The molecule has 3 heterocycles. The Morgan fingerprint density at radius 3 is 2.15 bits per heavy atom. The summed E-state index contributed by atoms with van der Waals surface area (Å²) in [5, 5.41) is 24.2. The molecule has 476 valence electrons. The number of aromatic nitrogens is 1. The fraction of sp³-hybridized carbons (Fsp3) is 0.734. The van der Waals surface area contributed by atoms with Crippen molar-refractivity contribution in [1.82, 2.24) is 35.6 Å². The summed E-state index contributed by atoms with van der Waals surface area (Å²) in [6, 6.07) is 4.37. The first-order chi connectivity index (χ1) is 40.7. The number of amides is 7. The molecule has 2 aliphatic heterocycles. The molecule has 2 unspecified atom stereocenters. The van der Waals surface area contributed by atoms with Gasteiger partial charge in [0.15, 0.2) is 0 Å². The van der Waals surface area contributed by atoms with E-state index >= 15 is 0 Å². The normalized spacial score (nSPS) is 20.1. The summed E-state index contributed by atoms with van der Waals surface area (Å²) in [4.78, 5) is 117. The third-order valence-electron chi connectivity index (χ3n) is 17.6. The molecule has 1 aromatic carbocycles. The van der Waals surface area contributed by atoms with Gasteiger partial charge in [-0.3, -0.25) is 48.2 Å². The Hall–Kier alpha value is -4.96. The Balaban J connectivity index is 1.13. The van der Waals surface area contributed by atoms with Crippen LogP contribution in [0.25, 0.3) is 0 Å². The quantitative estimate of drug-likeness (QED) is 0.0287. The highest BCUT2D eigenvalue weighted by Crippen LogP contribution is 2.35. The number of likely N-dealkylation sites (tertiary alicyclic amines) is 2. The third-order valence-corrected chi connectivity index (χ3v) is 20.1. The summed E-state index contributed by atoms with van der Waals surface area (Å²) < 4.78 is 5.99. The first-order valence-corrected chi connectivity index (χ1v) is 33.7. The zero-order valence-electron chi connectivity index (χ0n) is 52.3. The first-order valence-electron chi connectivity index (χ1n) is 31.9. The smallest absolute Gasteiger partial charge is 0.306 e. The van der Waals surface area contributed by atoms with Crippen molar-refractivity contribution >= 4 is 76.1 Å². The molecule has 2 saturated heterocycles. The number of ether oxygens (including phenoxy) is 1. The summed E-state index contributed by atoms with van der Waals surface area (Å²) in [7, 11) is 5.29. The van der Waals surface area contributed by atoms with E-state index in [1.807, 2.05) is 34.7 Å². The van der Waals surface area contributed by atoms with E-state index in [1.165, 1.54) is 67.6 Å². The van der Waals surface area contributed by atoms with Crippen LogP contribution in [0.5, 0.6) is 0 Å². The number of carbonyl (C=O) groups is 8. The van der Waals surface area contributed by atoms with Crippen LogP contribution in [-0.4, -0.2) is 154 Å². The fourth-order valence-corrected chi connectivity index (χ4v) is 14.4. The fourth-order valence-electron chi connectivity index (χ4n) is 11.9. The van der Waals surface area contributed by atoms with Crippen LogP contribution in [-0.2, 0) is 44.7 Å². The number of carbonyl (C=O) groups excluding carboxylic acids is 7. The van der Waals surface area contributed by atoms with E-state index in [9.17, 15) is 43.5 Å². The number of carboxylic acid groups (broad SMARTS) is 1. The number of rotatable bonds is 33. The largest absolute Gasteiger partial charge is 0.481 e. The van der Waals surface area contributed by atoms with Crippen LogP contribution < -0.4 is 27.0 Å². The lowest BCUT2D eigenvalue weighted by Gasteiger charge is -2.38. The Morgan fingerprint density at radius 2 is 1.53 bits per heavy atom. The maximum atomic E-state index is 14.3. The number of piperidine rings is 1. The zero-order valence-corrected chi connectivity index (χ0v) is 54.0. The Morgan fingerprint density at radius 1 is 0.859 bits per heavy atom. The lowest BCUT2D eigenvalue weighted by atomic mass is 9.92. The highest BCUT2D eigenvalue weighted by molar-refractivity contribution is 8.01. The molecular weight excluding hydrogens is 1120 g/mol. The molecule has 0 bridgehead atoms. The van der Waals surface area contributed by atoms with E-state index in [0.717, 1.165) is 44.2 Å². The first kappa shape index (κ1) is 70.8. The van der Waals surface area contributed by atoms with Gasteiger partial charge in [-0.05, 0) is 120 Å². The molecule has 9 atom stereocenters. The number of nitrogens with two attached hydrogens (primary N) is 1. The van der Waals surface area contributed by atoms with Gasteiger partial charge in [0.1, 0.15) is 28.9 Å². The van der Waals surface area contributed by atoms with Crippen molar-refractivity contribution < 1.29 is 48.2 Å². The number of benzene rings is 1. The zero-order chi connectivity index (χ0) is 62.0. The Labute approximate surface area is 515 Å². The summed E-state index contributed by atoms with van der Waals surface area (Å²) in [6.45, 7) is 11.3. The van der Waals surface area contributed by atoms with Crippen molar-refractivity contribution in [3.8, 4) is 0 Å². The molecule has 85 heavy (non-hydrogen) atoms. The topological polar surface area (TPSA) is 263 Å². The highest BCUT2D eigenvalue weighted by atomic mass is 32.2. The van der Waals surface area contributed by atoms with Gasteiger partial charge in [0.25, 0.3) is 5.91 Å². The Kier molecular flexibility index (Phi) is 30.8. The van der Waals surface area contributed by atoms with Gasteiger partial charge in [-0.15, -0.1) is 23.1 Å². The summed E-state index contributed by atoms with van der Waals surface area (Å²) >= 11 is 2.98. The second kappa shape index (κ2) is 37.0. The monoisotopic (exact) mass is 1220 g/mol. The number of carboxylic acids is 1. The van der Waals surface area contributed by atoms with Crippen LogP contribution in [0.2, 0.25) is 0 Å². The molecule has 7 amide bonds. The van der Waals surface area contributed by atoms with Crippen molar-refractivity contribution in [2.45, 2.75) is 242 Å². The van der Waals surface area contributed by atoms with Crippen LogP contribution in [0.15, 0.2) is 29.6 Å². The lowest BCUT2D eigenvalue weighted by Crippen LogP contribution is -2.58. The van der Waals surface area contributed by atoms with Crippen molar-refractivity contribution in [3.05, 3.63) is 45.9 Å². The minimum absolute atomic E-state index is 0.00578. The number of methoxy groups -OCH3 is 1. The number of aliphatic carboxylic acids is 1. The lowest BCUT2D eigenvalue weighted by molar-refractivity contribution is -0.142. The van der Waals surface area contributed by atoms with Crippen molar-refractivity contribution in [2.75, 3.05) is 46.2 Å². The number of anilines is 1. The van der Waals surface area contributed by atoms with Gasteiger partial charge in [0.2, 0.25) is 35.4 Å². The van der Waals surface area contributed by atoms with Crippen molar-refractivity contribution in [2.24, 2.45) is 23.5 Å². The molecule has 0 spiro atoms. The van der Waals surface area contributed by atoms with E-state index in [2.05, 4.69) is 26.2 Å². The van der Waals surface area contributed by atoms with Crippen LogP contribution in [0.1, 0.15) is 216 Å². The number of nitrogens with one attached hydrogen (secondary N) is 4. The van der Waals surface area contributed by atoms with Gasteiger partial charge >= 0.3 is 5.97 Å². The van der Waals surface area contributed by atoms with Gasteiger partial charge < -0.3 is 41.7 Å². The van der Waals surface area contributed by atoms with E-state index in [4.69, 9.17) is 15.5 Å². The third kappa shape index (κ3) is 22.9. The van der Waals surface area contributed by atoms with E-state index in [1.54, 1.807) is 67.4 Å². The molecular formula is C64H103N9O10S2. The molecule has 7 N–H and O–H groups in total. The number of hydrogen-bond acceptors (Lipinski definition) is 14. The highest BCUT2D eigenvalue weighted by Gasteiger charge is 2.40. The maximum absolute atomic E-state index is 14.3. The molecule has 21 heteroatoms. The van der Waals surface area contributed by atoms with Crippen molar-refractivity contribution in [1.29, 1.82) is 0 Å². The van der Waals surface area contributed by atoms with Gasteiger partial charge in [0.05, 0.1) is 17.2 Å². The van der Waals surface area contributed by atoms with Gasteiger partial charge in [-0.2, -0.15) is 0 Å². The van der Waals surface area contributed by atoms with Crippen LogP contribution in [0.3, 0.4) is 0 Å². The maximum Gasteiger partial charge on any atom is 0.306 e. The van der Waals surface area contributed by atoms with Crippen molar-refractivity contribution in [3.63, 3.8) is 0 Å². The Bertz CT molecular complexity index is 2430. The van der Waals surface area contributed by atoms with Gasteiger partial charge in [-0.1, -0.05) is 117 Å². The number of nitrogens with zero attached hydrogens (tertiary/aromatic N) is 4. The molecule has 3 aliphatic rings. The van der Waals surface area contributed by atoms with E-state index < -0.39 is 42.0 Å². The average Bonchev–Trinajstić information content (AvgIpc) is 3.99. The molecule has 3 fully saturated rings. The average molecular weight is 1220 g/mol. The van der Waals surface area contributed by atoms with Gasteiger partial charge in [-0.25, -0.2) is 4.98 Å². The second-order valence-electron chi connectivity index (χ2n) is 24.6. The second-order valence-corrected chi connectivity index (χ2v) is 27.0. The summed E-state index contributed by atoms with van der Waals surface area (Å²) in [5.74, 6) is -3.49. The van der Waals surface area contributed by atoms with E-state index in [-0.39, 0.29) is 96.0 Å². The standard InChI is InChI=1S/C64H103N9O10S2/c1-9-43(4)57(70-60(78)51-28-21-24-35-71(51)6)63(80)72(7)52(42(2)3)39-53(83-8)61-69-50(41-84-61)59(77)67-47(37-44(5)64(81)82)38-45-30-32-46(33-31-45)66-58(76)49(27-20-22-34-65)68-55(74)29-19-16-23-36-73-56(75)40-54(62(73)79)85-48-25-17-14-12-10-11-13-15-18-26-48/h30-33,41-44,47-49,51-54,57H,9-29,34-40,65H2,1-8H3,(H,66,76)(H,67,77)(H,68,74)(H,70,78)(H,81,82)/t43-,44?,47+,49-,51+,52+,53+,54?,57-/m0/s1. The minimum atomic E-state index is -1.00. The molecule has 5 rings (SSSR count). The van der Waals surface area contributed by atoms with Gasteiger partial charge in [0, 0.05) is 68.4 Å². The summed E-state index contributed by atoms with van der Waals surface area (Å²) in [5.41, 5.74) is 7.20. The molecule has 1 saturated carbocycles. The van der Waals surface area contributed by atoms with Crippen LogP contribution >= 0.6 is 23.1 Å². The number of likely N-dealkylation sites (N-methyl/N-ethyl adjacent to an activating group) is 2. The number of unbranched alkanes of at least 4 members (excludes halogenated alkanes) is 3. The SMILES string of the molecule is CC[C@H](C)[C@H](NC(=O)[C@H]1CCCCN1C)C(=O)N(C)[C@H](C[C@@H](OC)c1nc(C(=O)N[C@@H](Cc2ccc(NC(=O)[C@H](CCCCN)NC(=O)CCCCCN3C(=O)CC(SC4CCCCCCCCCC4)C3=O)cc2)CC(C)C(=O)O)cs1)C(C)C. The molecule has 0 radical (unpaired) electrons. The molecule has 1 aliphatic carbocycles. The predicted octanol–water partition coefficient (Wildman–Crippen LogP) is 9.43. The molecule has 1 aromatic heterocycles. The predicted molar refractivity (Wildman–Crippen MR) is 337 cm³/mol. The van der Waals surface area contributed by atoms with Crippen LogP contribution in [0, 0.1) is 17.8 Å².